The average molecular weight is 360 g/mol. The molecule has 1 aliphatic heterocycles. The van der Waals surface area contributed by atoms with Gasteiger partial charge in [-0.25, -0.2) is 0 Å². The largest absolute Gasteiger partial charge is 0.497 e. The van der Waals surface area contributed by atoms with Crippen LogP contribution in [0.4, 0.5) is 0 Å². The van der Waals surface area contributed by atoms with E-state index in [1.807, 2.05) is 40.8 Å². The van der Waals surface area contributed by atoms with Gasteiger partial charge in [-0.15, -0.1) is 10.2 Å². The van der Waals surface area contributed by atoms with Gasteiger partial charge in [0.2, 0.25) is 0 Å². The van der Waals surface area contributed by atoms with E-state index in [9.17, 15) is 15.0 Å². The Balaban J connectivity index is 1.84. The third kappa shape index (κ3) is 3.56. The number of benzene rings is 1. The minimum atomic E-state index is -1.27. The van der Waals surface area contributed by atoms with E-state index in [-0.39, 0.29) is 13.0 Å². The highest BCUT2D eigenvalue weighted by Gasteiger charge is 2.49. The molecule has 1 fully saturated rings. The van der Waals surface area contributed by atoms with Crippen LogP contribution in [0.2, 0.25) is 0 Å². The van der Waals surface area contributed by atoms with Crippen molar-refractivity contribution in [3.63, 3.8) is 0 Å². The lowest BCUT2D eigenvalue weighted by atomic mass is 9.73. The van der Waals surface area contributed by atoms with Gasteiger partial charge in [-0.05, 0) is 30.5 Å². The summed E-state index contributed by atoms with van der Waals surface area (Å²) >= 11 is 0. The van der Waals surface area contributed by atoms with Gasteiger partial charge < -0.3 is 19.5 Å². The van der Waals surface area contributed by atoms with Gasteiger partial charge in [0.15, 0.2) is 0 Å². The van der Waals surface area contributed by atoms with Crippen molar-refractivity contribution in [3.05, 3.63) is 42.0 Å². The molecule has 2 atom stereocenters. The highest BCUT2D eigenvalue weighted by atomic mass is 16.5. The summed E-state index contributed by atoms with van der Waals surface area (Å²) in [5, 5.41) is 28.5. The number of methoxy groups -OCH3 is 1. The van der Waals surface area contributed by atoms with E-state index in [1.54, 1.807) is 13.4 Å². The molecule has 1 aromatic carbocycles. The monoisotopic (exact) mass is 360 g/mol. The van der Waals surface area contributed by atoms with Gasteiger partial charge >= 0.3 is 5.97 Å². The van der Waals surface area contributed by atoms with Crippen molar-refractivity contribution in [2.45, 2.75) is 25.5 Å². The summed E-state index contributed by atoms with van der Waals surface area (Å²) in [5.74, 6) is 0.446. The number of rotatable bonds is 6. The van der Waals surface area contributed by atoms with Crippen molar-refractivity contribution in [1.82, 2.24) is 19.7 Å². The van der Waals surface area contributed by atoms with Gasteiger partial charge in [0.1, 0.15) is 23.3 Å². The molecule has 1 aliphatic rings. The Bertz CT molecular complexity index is 778. The smallest absolute Gasteiger partial charge is 0.313 e. The first kappa shape index (κ1) is 18.3. The Kier molecular flexibility index (Phi) is 5.24. The molecule has 26 heavy (non-hydrogen) atoms. The fourth-order valence-corrected chi connectivity index (χ4v) is 3.56. The third-order valence-corrected chi connectivity index (χ3v) is 5.11. The van der Waals surface area contributed by atoms with Crippen LogP contribution in [0.5, 0.6) is 5.75 Å². The van der Waals surface area contributed by atoms with Gasteiger partial charge in [-0.2, -0.15) is 0 Å². The van der Waals surface area contributed by atoms with Crippen LogP contribution in [0.25, 0.3) is 0 Å². The summed E-state index contributed by atoms with van der Waals surface area (Å²) in [6.45, 7) is 1.35. The zero-order chi connectivity index (χ0) is 18.7. The minimum absolute atomic E-state index is 0.232. The van der Waals surface area contributed by atoms with E-state index < -0.39 is 17.5 Å². The Labute approximate surface area is 152 Å². The van der Waals surface area contributed by atoms with Crippen molar-refractivity contribution in [2.24, 2.45) is 12.5 Å². The second-order valence-electron chi connectivity index (χ2n) is 6.86. The number of carboxylic acid groups (broad SMARTS) is 1. The first-order valence-electron chi connectivity index (χ1n) is 8.54. The van der Waals surface area contributed by atoms with Crippen LogP contribution in [0, 0.1) is 5.41 Å². The SMILES string of the molecule is COc1cccc(C[C@@]2(C(=O)O)CN(Cc3nncn3C)CC[C@@H]2O)c1. The number of carboxylic acids is 1. The molecule has 1 aromatic heterocycles. The second kappa shape index (κ2) is 7.43. The lowest BCUT2D eigenvalue weighted by Gasteiger charge is -2.43. The molecular weight excluding hydrogens is 336 g/mol. The molecule has 0 radical (unpaired) electrons. The first-order chi connectivity index (χ1) is 12.4. The van der Waals surface area contributed by atoms with Crippen LogP contribution < -0.4 is 4.74 Å². The van der Waals surface area contributed by atoms with Gasteiger partial charge in [-0.1, -0.05) is 12.1 Å². The molecule has 8 heteroatoms. The van der Waals surface area contributed by atoms with E-state index in [1.165, 1.54) is 0 Å². The van der Waals surface area contributed by atoms with Gasteiger partial charge in [0, 0.05) is 20.1 Å². The zero-order valence-electron chi connectivity index (χ0n) is 15.0. The number of carbonyl (C=O) groups is 1. The van der Waals surface area contributed by atoms with E-state index in [2.05, 4.69) is 10.2 Å². The fourth-order valence-electron chi connectivity index (χ4n) is 3.56. The van der Waals surface area contributed by atoms with Crippen molar-refractivity contribution >= 4 is 5.97 Å². The summed E-state index contributed by atoms with van der Waals surface area (Å²) in [7, 11) is 3.43. The van der Waals surface area contributed by atoms with E-state index in [4.69, 9.17) is 4.74 Å². The molecule has 2 aromatic rings. The lowest BCUT2D eigenvalue weighted by molar-refractivity contribution is -0.163. The maximum Gasteiger partial charge on any atom is 0.313 e. The van der Waals surface area contributed by atoms with Gasteiger partial charge in [0.25, 0.3) is 0 Å². The molecule has 8 nitrogen and oxygen atoms in total. The Morgan fingerprint density at radius 1 is 1.46 bits per heavy atom. The molecule has 0 bridgehead atoms. The number of aliphatic hydroxyl groups excluding tert-OH is 1. The molecule has 1 saturated heterocycles. The molecule has 0 unspecified atom stereocenters. The van der Waals surface area contributed by atoms with Crippen molar-refractivity contribution in [1.29, 1.82) is 0 Å². The first-order valence-corrected chi connectivity index (χ1v) is 8.54. The lowest BCUT2D eigenvalue weighted by Crippen LogP contribution is -2.57. The van der Waals surface area contributed by atoms with Crippen molar-refractivity contribution in [3.8, 4) is 5.75 Å². The molecule has 3 rings (SSSR count). The predicted molar refractivity (Wildman–Crippen MR) is 93.7 cm³/mol. The summed E-state index contributed by atoms with van der Waals surface area (Å²) in [6, 6.07) is 7.32. The summed E-state index contributed by atoms with van der Waals surface area (Å²) in [5.41, 5.74) is -0.449. The number of piperidine rings is 1. The molecule has 140 valence electrons. The van der Waals surface area contributed by atoms with Crippen LogP contribution in [-0.4, -0.2) is 62.2 Å². The van der Waals surface area contributed by atoms with E-state index >= 15 is 0 Å². The maximum atomic E-state index is 12.2. The number of hydrogen-bond acceptors (Lipinski definition) is 6. The number of hydrogen-bond donors (Lipinski definition) is 2. The number of nitrogens with zero attached hydrogens (tertiary/aromatic N) is 4. The van der Waals surface area contributed by atoms with Crippen LogP contribution in [0.1, 0.15) is 17.8 Å². The van der Waals surface area contributed by atoms with E-state index in [0.717, 1.165) is 11.4 Å². The van der Waals surface area contributed by atoms with Crippen LogP contribution in [0.3, 0.4) is 0 Å². The number of likely N-dealkylation sites (tertiary alicyclic amines) is 1. The molecule has 0 aliphatic carbocycles. The third-order valence-electron chi connectivity index (χ3n) is 5.11. The van der Waals surface area contributed by atoms with Gasteiger partial charge in [0.05, 0.1) is 19.8 Å². The predicted octanol–water partition coefficient (Wildman–Crippen LogP) is 0.704. The van der Waals surface area contributed by atoms with Crippen LogP contribution >= 0.6 is 0 Å². The Hall–Kier alpha value is -2.45. The molecular formula is C18H24N4O4. The average Bonchev–Trinajstić information content (AvgIpc) is 3.02. The molecule has 0 saturated carbocycles. The normalized spacial score (nSPS) is 23.7. The molecule has 2 heterocycles. The number of aryl methyl sites for hydroxylation is 1. The summed E-state index contributed by atoms with van der Waals surface area (Å²) in [4.78, 5) is 14.2. The molecule has 0 spiro atoms. The number of aliphatic carboxylic acids is 1. The Morgan fingerprint density at radius 3 is 2.92 bits per heavy atom. The minimum Gasteiger partial charge on any atom is -0.497 e. The van der Waals surface area contributed by atoms with Crippen molar-refractivity contribution in [2.75, 3.05) is 20.2 Å². The molecule has 2 N–H and O–H groups in total. The molecule has 0 amide bonds. The number of aliphatic hydroxyl groups is 1. The highest BCUT2D eigenvalue weighted by Crippen LogP contribution is 2.35. The number of ether oxygens (including phenoxy) is 1. The summed E-state index contributed by atoms with van der Waals surface area (Å²) in [6.07, 6.45) is 1.33. The Morgan fingerprint density at radius 2 is 2.27 bits per heavy atom. The highest BCUT2D eigenvalue weighted by molar-refractivity contribution is 5.76. The standard InChI is InChI=1S/C18H24N4O4/c1-21-12-19-20-16(21)10-22-7-6-15(23)18(11-22,17(24)25)9-13-4-3-5-14(8-13)26-2/h3-5,8,12,15,23H,6-7,9-11H2,1-2H3,(H,24,25)/t15-,18+/m0/s1. The van der Waals surface area contributed by atoms with Gasteiger partial charge in [-0.3, -0.25) is 9.69 Å². The topological polar surface area (TPSA) is 101 Å². The fraction of sp³-hybridized carbons (Fsp3) is 0.500. The zero-order valence-corrected chi connectivity index (χ0v) is 15.0. The maximum absolute atomic E-state index is 12.2. The van der Waals surface area contributed by atoms with E-state index in [0.29, 0.717) is 25.3 Å². The summed E-state index contributed by atoms with van der Waals surface area (Å²) < 4.78 is 7.05. The van der Waals surface area contributed by atoms with Crippen molar-refractivity contribution < 1.29 is 19.7 Å². The second-order valence-corrected chi connectivity index (χ2v) is 6.86. The quantitative estimate of drug-likeness (QED) is 0.782. The number of aromatic nitrogens is 3. The van der Waals surface area contributed by atoms with Crippen LogP contribution in [-0.2, 0) is 24.8 Å². The van der Waals surface area contributed by atoms with Crippen LogP contribution in [0.15, 0.2) is 30.6 Å².